The number of rotatable bonds is 8. The first kappa shape index (κ1) is 20.6. The van der Waals surface area contributed by atoms with Crippen LogP contribution in [0, 0.1) is 0 Å². The van der Waals surface area contributed by atoms with Crippen LogP contribution in [-0.2, 0) is 11.0 Å². The summed E-state index contributed by atoms with van der Waals surface area (Å²) in [6.45, 7) is 0.426. The zero-order valence-electron chi connectivity index (χ0n) is 14.2. The number of carbonyl (C=O) groups excluding carboxylic acids is 2. The average Bonchev–Trinajstić information content (AvgIpc) is 2.49. The molecule has 140 valence electrons. The van der Waals surface area contributed by atoms with Crippen LogP contribution in [0.2, 0.25) is 0 Å². The van der Waals surface area contributed by atoms with E-state index in [1.165, 1.54) is 6.07 Å². The minimum absolute atomic E-state index is 0.125. The number of carbonyl (C=O) groups is 2. The largest absolute Gasteiger partial charge is 0.416 e. The Morgan fingerprint density at radius 1 is 1.16 bits per heavy atom. The quantitative estimate of drug-likeness (QED) is 0.623. The summed E-state index contributed by atoms with van der Waals surface area (Å²) in [5, 5.41) is 4.98. The number of nitrogens with two attached hydrogens (primary N) is 1. The van der Waals surface area contributed by atoms with E-state index in [1.54, 1.807) is 19.0 Å². The SMILES string of the molecule is CN(C)c1ccc(C(F)(F)F)cc1NC(=O)CCCCCNC(N)=O. The number of hydrogen-bond donors (Lipinski definition) is 3. The van der Waals surface area contributed by atoms with Gasteiger partial charge >= 0.3 is 12.2 Å². The third kappa shape index (κ3) is 7.32. The van der Waals surface area contributed by atoms with Crippen molar-refractivity contribution >= 4 is 23.3 Å². The number of alkyl halides is 3. The Kier molecular flexibility index (Phi) is 7.53. The van der Waals surface area contributed by atoms with E-state index in [1.807, 2.05) is 0 Å². The highest BCUT2D eigenvalue weighted by Gasteiger charge is 2.31. The number of halogens is 3. The molecule has 0 heterocycles. The number of anilines is 2. The number of unbranched alkanes of at least 4 members (excludes halogenated alkanes) is 2. The lowest BCUT2D eigenvalue weighted by Gasteiger charge is -2.19. The molecule has 1 rings (SSSR count). The molecular formula is C16H23F3N4O2. The number of amides is 3. The molecule has 0 aliphatic carbocycles. The van der Waals surface area contributed by atoms with Crippen molar-refractivity contribution in [1.29, 1.82) is 0 Å². The zero-order valence-corrected chi connectivity index (χ0v) is 14.2. The monoisotopic (exact) mass is 360 g/mol. The molecule has 4 N–H and O–H groups in total. The number of benzene rings is 1. The fourth-order valence-corrected chi connectivity index (χ4v) is 2.21. The molecule has 9 heteroatoms. The summed E-state index contributed by atoms with van der Waals surface area (Å²) in [5.41, 5.74) is 4.73. The molecule has 0 bridgehead atoms. The van der Waals surface area contributed by atoms with Crippen LogP contribution >= 0.6 is 0 Å². The lowest BCUT2D eigenvalue weighted by molar-refractivity contribution is -0.137. The first-order chi connectivity index (χ1) is 11.6. The lowest BCUT2D eigenvalue weighted by atomic mass is 10.1. The predicted octanol–water partition coefficient (Wildman–Crippen LogP) is 2.94. The van der Waals surface area contributed by atoms with Gasteiger partial charge in [0.25, 0.3) is 0 Å². The van der Waals surface area contributed by atoms with E-state index in [4.69, 9.17) is 5.73 Å². The van der Waals surface area contributed by atoms with E-state index in [2.05, 4.69) is 10.6 Å². The van der Waals surface area contributed by atoms with Gasteiger partial charge in [-0.05, 0) is 31.0 Å². The molecule has 0 aromatic heterocycles. The first-order valence-corrected chi connectivity index (χ1v) is 7.83. The molecule has 0 aliphatic heterocycles. The summed E-state index contributed by atoms with van der Waals surface area (Å²) in [6.07, 6.45) is -2.38. The van der Waals surface area contributed by atoms with Crippen LogP contribution < -0.4 is 21.3 Å². The number of primary amides is 1. The van der Waals surface area contributed by atoms with Crippen molar-refractivity contribution in [3.05, 3.63) is 23.8 Å². The molecule has 1 aromatic rings. The molecule has 6 nitrogen and oxygen atoms in total. The van der Waals surface area contributed by atoms with Crippen molar-refractivity contribution in [2.45, 2.75) is 31.9 Å². The summed E-state index contributed by atoms with van der Waals surface area (Å²) < 4.78 is 38.6. The highest BCUT2D eigenvalue weighted by atomic mass is 19.4. The fourth-order valence-electron chi connectivity index (χ4n) is 2.21. The summed E-state index contributed by atoms with van der Waals surface area (Å²) >= 11 is 0. The Labute approximate surface area is 144 Å². The van der Waals surface area contributed by atoms with Gasteiger partial charge in [0.05, 0.1) is 16.9 Å². The van der Waals surface area contributed by atoms with Gasteiger partial charge in [-0.25, -0.2) is 4.79 Å². The van der Waals surface area contributed by atoms with Gasteiger partial charge in [0.2, 0.25) is 5.91 Å². The van der Waals surface area contributed by atoms with Crippen LogP contribution in [0.5, 0.6) is 0 Å². The molecule has 25 heavy (non-hydrogen) atoms. The van der Waals surface area contributed by atoms with E-state index in [-0.39, 0.29) is 18.0 Å². The maximum Gasteiger partial charge on any atom is 0.416 e. The van der Waals surface area contributed by atoms with Crippen molar-refractivity contribution in [2.75, 3.05) is 30.9 Å². The van der Waals surface area contributed by atoms with Gasteiger partial charge in [-0.2, -0.15) is 13.2 Å². The average molecular weight is 360 g/mol. The van der Waals surface area contributed by atoms with Gasteiger partial charge < -0.3 is 21.3 Å². The summed E-state index contributed by atoms with van der Waals surface area (Å²) in [6, 6.07) is 2.65. The second kappa shape index (κ2) is 9.14. The van der Waals surface area contributed by atoms with Crippen LogP contribution in [0.15, 0.2) is 18.2 Å². The smallest absolute Gasteiger partial charge is 0.376 e. The second-order valence-electron chi connectivity index (χ2n) is 5.77. The first-order valence-electron chi connectivity index (χ1n) is 7.83. The minimum Gasteiger partial charge on any atom is -0.376 e. The van der Waals surface area contributed by atoms with Gasteiger partial charge in [0.1, 0.15) is 0 Å². The van der Waals surface area contributed by atoms with E-state index in [0.717, 1.165) is 12.1 Å². The number of hydrogen-bond acceptors (Lipinski definition) is 3. The molecule has 0 saturated heterocycles. The molecule has 0 unspecified atom stereocenters. The van der Waals surface area contributed by atoms with Crippen LogP contribution in [0.1, 0.15) is 31.2 Å². The third-order valence-corrected chi connectivity index (χ3v) is 3.46. The van der Waals surface area contributed by atoms with E-state index >= 15 is 0 Å². The lowest BCUT2D eigenvalue weighted by Crippen LogP contribution is -2.29. The Balaban J connectivity index is 2.61. The molecule has 0 radical (unpaired) electrons. The molecule has 1 aromatic carbocycles. The number of nitrogens with zero attached hydrogens (tertiary/aromatic N) is 1. The van der Waals surface area contributed by atoms with Crippen LogP contribution in [-0.4, -0.2) is 32.6 Å². The molecular weight excluding hydrogens is 337 g/mol. The molecule has 0 aliphatic rings. The van der Waals surface area contributed by atoms with Gasteiger partial charge in [-0.15, -0.1) is 0 Å². The Hall–Kier alpha value is -2.45. The third-order valence-electron chi connectivity index (χ3n) is 3.46. The summed E-state index contributed by atoms with van der Waals surface area (Å²) in [7, 11) is 3.37. The van der Waals surface area contributed by atoms with Crippen LogP contribution in [0.4, 0.5) is 29.3 Å². The second-order valence-corrected chi connectivity index (χ2v) is 5.77. The molecule has 0 atom stereocenters. The summed E-state index contributed by atoms with van der Waals surface area (Å²) in [5.74, 6) is -0.356. The normalized spacial score (nSPS) is 11.1. The van der Waals surface area contributed by atoms with E-state index in [0.29, 0.717) is 31.5 Å². The van der Waals surface area contributed by atoms with Crippen molar-refractivity contribution in [1.82, 2.24) is 5.32 Å². The standard InChI is InChI=1S/C16H23F3N4O2/c1-23(2)13-8-7-11(16(17,18)19)10-12(13)22-14(24)6-4-3-5-9-21-15(20)25/h7-8,10H,3-6,9H2,1-2H3,(H,22,24)(H3,20,21,25). The molecule has 3 amide bonds. The molecule has 0 spiro atoms. The van der Waals surface area contributed by atoms with Gasteiger partial charge in [-0.3, -0.25) is 4.79 Å². The maximum atomic E-state index is 12.9. The molecule has 0 saturated carbocycles. The Bertz CT molecular complexity index is 604. The van der Waals surface area contributed by atoms with Crippen molar-refractivity contribution in [2.24, 2.45) is 5.73 Å². The zero-order chi connectivity index (χ0) is 19.0. The van der Waals surface area contributed by atoms with Gasteiger partial charge in [0.15, 0.2) is 0 Å². The van der Waals surface area contributed by atoms with Crippen molar-refractivity contribution in [3.63, 3.8) is 0 Å². The van der Waals surface area contributed by atoms with Crippen molar-refractivity contribution in [3.8, 4) is 0 Å². The highest BCUT2D eigenvalue weighted by Crippen LogP contribution is 2.35. The maximum absolute atomic E-state index is 12.9. The highest BCUT2D eigenvalue weighted by molar-refractivity contribution is 5.94. The van der Waals surface area contributed by atoms with Crippen molar-refractivity contribution < 1.29 is 22.8 Å². The summed E-state index contributed by atoms with van der Waals surface area (Å²) in [4.78, 5) is 24.1. The number of nitrogens with one attached hydrogen (secondary N) is 2. The fraction of sp³-hybridized carbons (Fsp3) is 0.500. The van der Waals surface area contributed by atoms with E-state index < -0.39 is 17.8 Å². The molecule has 0 fully saturated rings. The van der Waals surface area contributed by atoms with Gasteiger partial charge in [0, 0.05) is 27.1 Å². The minimum atomic E-state index is -4.47. The Morgan fingerprint density at radius 3 is 2.40 bits per heavy atom. The predicted molar refractivity (Wildman–Crippen MR) is 90.5 cm³/mol. The number of urea groups is 1. The van der Waals surface area contributed by atoms with Crippen LogP contribution in [0.25, 0.3) is 0 Å². The van der Waals surface area contributed by atoms with E-state index in [9.17, 15) is 22.8 Å². The Morgan fingerprint density at radius 2 is 1.84 bits per heavy atom. The topological polar surface area (TPSA) is 87.5 Å². The van der Waals surface area contributed by atoms with Gasteiger partial charge in [-0.1, -0.05) is 6.42 Å². The van der Waals surface area contributed by atoms with Crippen LogP contribution in [0.3, 0.4) is 0 Å².